The van der Waals surface area contributed by atoms with Gasteiger partial charge in [0.05, 0.1) is 20.3 Å². The van der Waals surface area contributed by atoms with Crippen molar-refractivity contribution in [3.63, 3.8) is 0 Å². The fourth-order valence-corrected chi connectivity index (χ4v) is 2.59. The van der Waals surface area contributed by atoms with Gasteiger partial charge < -0.3 is 25.3 Å². The predicted molar refractivity (Wildman–Crippen MR) is 82.9 cm³/mol. The minimum atomic E-state index is -0.492. The molecular formula is C16H24N2O4. The maximum atomic E-state index is 12.2. The van der Waals surface area contributed by atoms with Crippen LogP contribution in [-0.2, 0) is 16.1 Å². The van der Waals surface area contributed by atoms with Gasteiger partial charge in [-0.3, -0.25) is 4.79 Å². The van der Waals surface area contributed by atoms with Gasteiger partial charge in [-0.25, -0.2) is 0 Å². The lowest BCUT2D eigenvalue weighted by Gasteiger charge is -2.26. The van der Waals surface area contributed by atoms with Crippen molar-refractivity contribution in [1.82, 2.24) is 5.32 Å². The number of amides is 1. The van der Waals surface area contributed by atoms with E-state index in [1.165, 1.54) is 0 Å². The van der Waals surface area contributed by atoms with Crippen molar-refractivity contribution in [3.8, 4) is 11.5 Å². The molecule has 3 N–H and O–H groups in total. The molecule has 1 atom stereocenters. The van der Waals surface area contributed by atoms with Crippen molar-refractivity contribution in [3.05, 3.63) is 23.8 Å². The molecule has 2 rings (SSSR count). The number of methoxy groups -OCH3 is 2. The Balaban J connectivity index is 1.92. The van der Waals surface area contributed by atoms with Gasteiger partial charge in [-0.05, 0) is 30.9 Å². The van der Waals surface area contributed by atoms with E-state index in [1.54, 1.807) is 20.3 Å². The molecule has 6 heteroatoms. The van der Waals surface area contributed by atoms with Crippen molar-refractivity contribution in [2.75, 3.05) is 27.4 Å². The van der Waals surface area contributed by atoms with E-state index in [0.717, 1.165) is 18.4 Å². The molecule has 0 radical (unpaired) electrons. The molecule has 0 aliphatic carbocycles. The van der Waals surface area contributed by atoms with Gasteiger partial charge in [0.25, 0.3) is 0 Å². The van der Waals surface area contributed by atoms with E-state index < -0.39 is 6.04 Å². The Hall–Kier alpha value is -1.79. The molecular weight excluding hydrogens is 284 g/mol. The Morgan fingerprint density at radius 2 is 2.09 bits per heavy atom. The van der Waals surface area contributed by atoms with Crippen LogP contribution in [0.3, 0.4) is 0 Å². The summed E-state index contributed by atoms with van der Waals surface area (Å²) >= 11 is 0. The number of carbonyl (C=O) groups excluding carboxylic acids is 1. The van der Waals surface area contributed by atoms with Crippen LogP contribution in [0.1, 0.15) is 18.4 Å². The number of nitrogens with one attached hydrogen (secondary N) is 1. The lowest BCUT2D eigenvalue weighted by molar-refractivity contribution is -0.124. The normalized spacial score (nSPS) is 16.9. The first kappa shape index (κ1) is 16.6. The second-order valence-electron chi connectivity index (χ2n) is 5.37. The monoisotopic (exact) mass is 308 g/mol. The highest BCUT2D eigenvalue weighted by Crippen LogP contribution is 2.24. The van der Waals surface area contributed by atoms with E-state index in [-0.39, 0.29) is 11.8 Å². The van der Waals surface area contributed by atoms with E-state index in [2.05, 4.69) is 5.32 Å². The number of benzene rings is 1. The summed E-state index contributed by atoms with van der Waals surface area (Å²) in [4.78, 5) is 12.2. The van der Waals surface area contributed by atoms with Gasteiger partial charge in [0, 0.05) is 31.4 Å². The van der Waals surface area contributed by atoms with Gasteiger partial charge in [0.15, 0.2) is 0 Å². The van der Waals surface area contributed by atoms with E-state index in [1.807, 2.05) is 12.1 Å². The number of ether oxygens (including phenoxy) is 3. The fourth-order valence-electron chi connectivity index (χ4n) is 2.59. The largest absolute Gasteiger partial charge is 0.497 e. The summed E-state index contributed by atoms with van der Waals surface area (Å²) < 4.78 is 15.8. The Kier molecular flexibility index (Phi) is 6.03. The highest BCUT2D eigenvalue weighted by molar-refractivity contribution is 5.81. The molecule has 0 spiro atoms. The van der Waals surface area contributed by atoms with Gasteiger partial charge in [-0.15, -0.1) is 0 Å². The first-order valence-corrected chi connectivity index (χ1v) is 7.47. The molecule has 1 amide bonds. The van der Waals surface area contributed by atoms with Crippen LogP contribution in [0.5, 0.6) is 11.5 Å². The molecule has 1 fully saturated rings. The molecule has 0 bridgehead atoms. The zero-order valence-electron chi connectivity index (χ0n) is 13.1. The van der Waals surface area contributed by atoms with Gasteiger partial charge in [0.2, 0.25) is 5.91 Å². The predicted octanol–water partition coefficient (Wildman–Crippen LogP) is 1.07. The minimum absolute atomic E-state index is 0.134. The van der Waals surface area contributed by atoms with Crippen molar-refractivity contribution < 1.29 is 19.0 Å². The third kappa shape index (κ3) is 4.11. The number of rotatable bonds is 6. The van der Waals surface area contributed by atoms with Crippen LogP contribution in [0.2, 0.25) is 0 Å². The quantitative estimate of drug-likeness (QED) is 0.821. The third-order valence-corrected chi connectivity index (χ3v) is 4.02. The zero-order chi connectivity index (χ0) is 15.9. The summed E-state index contributed by atoms with van der Waals surface area (Å²) in [5.41, 5.74) is 6.94. The van der Waals surface area contributed by atoms with Gasteiger partial charge in [-0.1, -0.05) is 0 Å². The molecule has 0 aromatic heterocycles. The Bertz CT molecular complexity index is 501. The van der Waals surface area contributed by atoms with E-state index in [9.17, 15) is 4.79 Å². The SMILES string of the molecule is COc1ccc(CNC(=O)C(N)C2CCOCC2)c(OC)c1. The van der Waals surface area contributed by atoms with Crippen molar-refractivity contribution in [1.29, 1.82) is 0 Å². The summed E-state index contributed by atoms with van der Waals surface area (Å²) in [6.45, 7) is 1.73. The second kappa shape index (κ2) is 8.00. The zero-order valence-corrected chi connectivity index (χ0v) is 13.1. The van der Waals surface area contributed by atoms with Crippen LogP contribution in [0, 0.1) is 5.92 Å². The number of hydrogen-bond acceptors (Lipinski definition) is 5. The first-order chi connectivity index (χ1) is 10.7. The molecule has 1 aliphatic heterocycles. The second-order valence-corrected chi connectivity index (χ2v) is 5.37. The first-order valence-electron chi connectivity index (χ1n) is 7.47. The topological polar surface area (TPSA) is 82.8 Å². The Labute approximate surface area is 130 Å². The third-order valence-electron chi connectivity index (χ3n) is 4.02. The van der Waals surface area contributed by atoms with Crippen LogP contribution in [0.4, 0.5) is 0 Å². The molecule has 0 saturated carbocycles. The fraction of sp³-hybridized carbons (Fsp3) is 0.562. The maximum absolute atomic E-state index is 12.2. The number of nitrogens with two attached hydrogens (primary N) is 1. The van der Waals surface area contributed by atoms with Crippen molar-refractivity contribution in [2.45, 2.75) is 25.4 Å². The van der Waals surface area contributed by atoms with E-state index in [4.69, 9.17) is 19.9 Å². The summed E-state index contributed by atoms with van der Waals surface area (Å²) in [5, 5.41) is 2.88. The molecule has 1 unspecified atom stereocenters. The van der Waals surface area contributed by atoms with E-state index >= 15 is 0 Å². The lowest BCUT2D eigenvalue weighted by Crippen LogP contribution is -2.46. The van der Waals surface area contributed by atoms with Gasteiger partial charge >= 0.3 is 0 Å². The average molecular weight is 308 g/mol. The van der Waals surface area contributed by atoms with Crippen LogP contribution >= 0.6 is 0 Å². The molecule has 1 aliphatic rings. The summed E-state index contributed by atoms with van der Waals surface area (Å²) in [5.74, 6) is 1.45. The summed E-state index contributed by atoms with van der Waals surface area (Å²) in [7, 11) is 3.19. The van der Waals surface area contributed by atoms with Crippen LogP contribution in [-0.4, -0.2) is 39.4 Å². The molecule has 122 valence electrons. The Morgan fingerprint density at radius 3 is 2.73 bits per heavy atom. The summed E-state index contributed by atoms with van der Waals surface area (Å²) in [6.07, 6.45) is 1.67. The van der Waals surface area contributed by atoms with Gasteiger partial charge in [0.1, 0.15) is 11.5 Å². The number of carbonyl (C=O) groups is 1. The molecule has 1 aromatic rings. The highest BCUT2D eigenvalue weighted by Gasteiger charge is 2.26. The standard InChI is InChI=1S/C16H24N2O4/c1-20-13-4-3-12(14(9-13)21-2)10-18-16(19)15(17)11-5-7-22-8-6-11/h3-4,9,11,15H,5-8,10,17H2,1-2H3,(H,18,19). The smallest absolute Gasteiger partial charge is 0.237 e. The minimum Gasteiger partial charge on any atom is -0.497 e. The molecule has 6 nitrogen and oxygen atoms in total. The van der Waals surface area contributed by atoms with Crippen LogP contribution in [0.25, 0.3) is 0 Å². The molecule has 1 saturated heterocycles. The van der Waals surface area contributed by atoms with Crippen molar-refractivity contribution >= 4 is 5.91 Å². The van der Waals surface area contributed by atoms with Gasteiger partial charge in [-0.2, -0.15) is 0 Å². The molecule has 1 heterocycles. The average Bonchev–Trinajstić information content (AvgIpc) is 2.59. The van der Waals surface area contributed by atoms with Crippen LogP contribution < -0.4 is 20.5 Å². The van der Waals surface area contributed by atoms with Crippen LogP contribution in [0.15, 0.2) is 18.2 Å². The van der Waals surface area contributed by atoms with Crippen molar-refractivity contribution in [2.24, 2.45) is 11.7 Å². The number of hydrogen-bond donors (Lipinski definition) is 2. The lowest BCUT2D eigenvalue weighted by atomic mass is 9.92. The summed E-state index contributed by atoms with van der Waals surface area (Å²) in [6, 6.07) is 5.01. The highest BCUT2D eigenvalue weighted by atomic mass is 16.5. The molecule has 1 aromatic carbocycles. The van der Waals surface area contributed by atoms with E-state index in [0.29, 0.717) is 31.3 Å². The Morgan fingerprint density at radius 1 is 1.36 bits per heavy atom. The molecule has 22 heavy (non-hydrogen) atoms. The maximum Gasteiger partial charge on any atom is 0.237 e.